The molecule has 1 N–H and O–H groups in total. The van der Waals surface area contributed by atoms with Crippen LogP contribution in [-0.4, -0.2) is 68.2 Å². The van der Waals surface area contributed by atoms with Crippen LogP contribution >= 0.6 is 0 Å². The van der Waals surface area contributed by atoms with Crippen molar-refractivity contribution in [1.82, 2.24) is 19.1 Å². The molecule has 4 fully saturated rings. The van der Waals surface area contributed by atoms with Crippen LogP contribution < -0.4 is 0 Å². The molecule has 10 nitrogen and oxygen atoms in total. The number of aromatic nitrogens is 4. The average Bonchev–Trinajstić information content (AvgIpc) is 4.21. The molecule has 10 rings (SSSR count). The third kappa shape index (κ3) is 9.98. The van der Waals surface area contributed by atoms with Crippen molar-refractivity contribution in [2.45, 2.75) is 116 Å². The Balaban J connectivity index is 0.000000159. The molecule has 324 valence electrons. The molecule has 62 heavy (non-hydrogen) atoms. The minimum Gasteiger partial charge on any atom is -0.478 e. The molecule has 4 aromatic heterocycles. The van der Waals surface area contributed by atoms with Gasteiger partial charge in [-0.05, 0) is 154 Å². The Labute approximate surface area is 364 Å². The lowest BCUT2D eigenvalue weighted by Crippen LogP contribution is -2.25. The van der Waals surface area contributed by atoms with Crippen molar-refractivity contribution in [2.75, 3.05) is 26.4 Å². The normalized spacial score (nSPS) is 17.5. The number of fused-ring (bicyclic) bond motifs is 2. The molecule has 6 aromatic rings. The first-order chi connectivity index (χ1) is 30.1. The minimum atomic E-state index is -0.890. The predicted molar refractivity (Wildman–Crippen MR) is 241 cm³/mol. The first-order valence-corrected chi connectivity index (χ1v) is 22.8. The summed E-state index contributed by atoms with van der Waals surface area (Å²) in [6.07, 6.45) is 18.4. The smallest absolute Gasteiger partial charge is 0.340 e. The van der Waals surface area contributed by atoms with Gasteiger partial charge in [0, 0.05) is 99.0 Å². The fourth-order valence-electron chi connectivity index (χ4n) is 9.25. The van der Waals surface area contributed by atoms with Gasteiger partial charge in [0.2, 0.25) is 0 Å². The summed E-state index contributed by atoms with van der Waals surface area (Å²) in [5, 5.41) is 12.1. The summed E-state index contributed by atoms with van der Waals surface area (Å²) in [5.74, 6) is 1.18. The molecule has 2 saturated heterocycles. The highest BCUT2D eigenvalue weighted by Crippen LogP contribution is 2.41. The standard InChI is InChI=1S/C28H34N2O3.C24H26N2O3/c1-28(2,3)33-27(31)24-15-22(20-7-8-20)17-29-25(24)16-21-5-4-6-26-23(21)9-12-30(26)18-19-10-13-32-14-11-19;27-24(28)21-12-19(17-4-5-17)14-25-22(21)13-18-2-1-3-23-20(18)6-9-26(23)15-16-7-10-29-11-8-16/h4-6,9,12,15,17,19-20H,7-8,10-11,13-14,16,18H2,1-3H3;1-3,6,9,12,14,16-17H,4-5,7-8,10-11,13,15H2,(H,27,28). The predicted octanol–water partition coefficient (Wildman–Crippen LogP) is 10.5. The molecule has 2 aromatic carbocycles. The number of aromatic carboxylic acids is 1. The molecule has 0 bridgehead atoms. The number of nitrogens with zero attached hydrogens (tertiary/aromatic N) is 4. The van der Waals surface area contributed by atoms with Gasteiger partial charge in [-0.1, -0.05) is 24.3 Å². The van der Waals surface area contributed by atoms with Gasteiger partial charge in [0.15, 0.2) is 0 Å². The molecule has 2 aliphatic heterocycles. The van der Waals surface area contributed by atoms with Crippen molar-refractivity contribution < 1.29 is 28.9 Å². The van der Waals surface area contributed by atoms with Crippen molar-refractivity contribution in [3.63, 3.8) is 0 Å². The van der Waals surface area contributed by atoms with E-state index in [4.69, 9.17) is 19.2 Å². The maximum Gasteiger partial charge on any atom is 0.340 e. The van der Waals surface area contributed by atoms with Crippen LogP contribution in [0.4, 0.5) is 0 Å². The lowest BCUT2D eigenvalue weighted by molar-refractivity contribution is 0.00674. The number of hydrogen-bond donors (Lipinski definition) is 1. The largest absolute Gasteiger partial charge is 0.478 e. The molecule has 6 heterocycles. The monoisotopic (exact) mass is 836 g/mol. The fraction of sp³-hybridized carbons (Fsp3) is 0.462. The van der Waals surface area contributed by atoms with E-state index in [9.17, 15) is 14.7 Å². The van der Waals surface area contributed by atoms with E-state index < -0.39 is 11.6 Å². The quantitative estimate of drug-likeness (QED) is 0.121. The number of benzene rings is 2. The van der Waals surface area contributed by atoms with E-state index in [2.05, 4.69) is 75.0 Å². The Hall–Kier alpha value is -5.32. The van der Waals surface area contributed by atoms with E-state index in [0.717, 1.165) is 100 Å². The Morgan fingerprint density at radius 1 is 0.661 bits per heavy atom. The summed E-state index contributed by atoms with van der Waals surface area (Å²) in [4.78, 5) is 34.3. The van der Waals surface area contributed by atoms with Crippen LogP contribution in [0.25, 0.3) is 21.8 Å². The van der Waals surface area contributed by atoms with Crippen LogP contribution in [0.15, 0.2) is 85.5 Å². The van der Waals surface area contributed by atoms with Crippen LogP contribution in [-0.2, 0) is 40.1 Å². The maximum atomic E-state index is 13.1. The maximum absolute atomic E-state index is 13.1. The Bertz CT molecular complexity index is 2550. The van der Waals surface area contributed by atoms with Crippen molar-refractivity contribution >= 4 is 33.7 Å². The topological polar surface area (TPSA) is 118 Å². The summed E-state index contributed by atoms with van der Waals surface area (Å²) in [5.41, 5.74) is 8.83. The van der Waals surface area contributed by atoms with Gasteiger partial charge in [-0.15, -0.1) is 0 Å². The van der Waals surface area contributed by atoms with E-state index in [0.29, 0.717) is 53.3 Å². The second-order valence-corrected chi connectivity index (χ2v) is 19.0. The zero-order valence-corrected chi connectivity index (χ0v) is 36.5. The number of esters is 1. The Kier molecular flexibility index (Phi) is 12.3. The summed E-state index contributed by atoms with van der Waals surface area (Å²) in [6.45, 7) is 11.2. The van der Waals surface area contributed by atoms with E-state index in [1.807, 2.05) is 45.3 Å². The first-order valence-electron chi connectivity index (χ1n) is 22.8. The number of ether oxygens (including phenoxy) is 3. The van der Waals surface area contributed by atoms with Gasteiger partial charge in [-0.2, -0.15) is 0 Å². The minimum absolute atomic E-state index is 0.281. The first kappa shape index (κ1) is 42.0. The molecule has 4 aliphatic rings. The van der Waals surface area contributed by atoms with Gasteiger partial charge in [0.05, 0.1) is 22.5 Å². The zero-order chi connectivity index (χ0) is 42.8. The SMILES string of the molecule is CC(C)(C)OC(=O)c1cc(C2CC2)cnc1Cc1cccc2c1ccn2CC1CCOCC1.O=C(O)c1cc(C2CC2)cnc1Cc1cccc2c1ccn2CC1CCOCC1. The highest BCUT2D eigenvalue weighted by Gasteiger charge is 2.29. The summed E-state index contributed by atoms with van der Waals surface area (Å²) < 4.78 is 21.4. The van der Waals surface area contributed by atoms with E-state index >= 15 is 0 Å². The van der Waals surface area contributed by atoms with Crippen molar-refractivity contribution in [3.05, 3.63) is 130 Å². The van der Waals surface area contributed by atoms with Gasteiger partial charge in [-0.25, -0.2) is 9.59 Å². The van der Waals surface area contributed by atoms with Gasteiger partial charge in [0.1, 0.15) is 5.60 Å². The van der Waals surface area contributed by atoms with Crippen molar-refractivity contribution in [1.29, 1.82) is 0 Å². The number of carboxylic acids is 1. The third-order valence-electron chi connectivity index (χ3n) is 13.0. The fourth-order valence-corrected chi connectivity index (χ4v) is 9.25. The number of carbonyl (C=O) groups is 2. The van der Waals surface area contributed by atoms with E-state index in [-0.39, 0.29) is 5.97 Å². The molecule has 0 radical (unpaired) electrons. The van der Waals surface area contributed by atoms with Crippen LogP contribution in [0.2, 0.25) is 0 Å². The molecule has 0 atom stereocenters. The molecule has 0 unspecified atom stereocenters. The van der Waals surface area contributed by atoms with Crippen LogP contribution in [0, 0.1) is 11.8 Å². The van der Waals surface area contributed by atoms with Crippen molar-refractivity contribution in [2.24, 2.45) is 11.8 Å². The molecular weight excluding hydrogens is 777 g/mol. The molecule has 2 aliphatic carbocycles. The average molecular weight is 837 g/mol. The summed E-state index contributed by atoms with van der Waals surface area (Å²) in [7, 11) is 0. The molecule has 10 heteroatoms. The second-order valence-electron chi connectivity index (χ2n) is 19.0. The highest BCUT2D eigenvalue weighted by molar-refractivity contribution is 5.92. The highest BCUT2D eigenvalue weighted by atomic mass is 16.6. The summed E-state index contributed by atoms with van der Waals surface area (Å²) >= 11 is 0. The van der Waals surface area contributed by atoms with Gasteiger partial charge >= 0.3 is 11.9 Å². The molecular formula is C52H60N4O6. The zero-order valence-electron chi connectivity index (χ0n) is 36.5. The third-order valence-corrected chi connectivity index (χ3v) is 13.0. The lowest BCUT2D eigenvalue weighted by atomic mass is 9.99. The number of pyridine rings is 2. The number of carboxylic acid groups (broad SMARTS) is 1. The number of hydrogen-bond acceptors (Lipinski definition) is 7. The molecule has 0 spiro atoms. The van der Waals surface area contributed by atoms with Gasteiger partial charge < -0.3 is 28.5 Å². The molecule has 0 amide bonds. The number of rotatable bonds is 12. The molecule has 2 saturated carbocycles. The second kappa shape index (κ2) is 18.2. The van der Waals surface area contributed by atoms with Crippen molar-refractivity contribution in [3.8, 4) is 0 Å². The van der Waals surface area contributed by atoms with E-state index in [1.165, 1.54) is 40.2 Å². The number of carbonyl (C=O) groups excluding carboxylic acids is 1. The van der Waals surface area contributed by atoms with Crippen LogP contribution in [0.1, 0.15) is 138 Å². The van der Waals surface area contributed by atoms with Gasteiger partial charge in [0.25, 0.3) is 0 Å². The lowest BCUT2D eigenvalue weighted by Gasteiger charge is -2.23. The van der Waals surface area contributed by atoms with E-state index in [1.54, 1.807) is 0 Å². The van der Waals surface area contributed by atoms with Crippen LogP contribution in [0.3, 0.4) is 0 Å². The summed E-state index contributed by atoms with van der Waals surface area (Å²) in [6, 6.07) is 21.0. The Morgan fingerprint density at radius 2 is 1.11 bits per heavy atom. The van der Waals surface area contributed by atoms with Crippen LogP contribution in [0.5, 0.6) is 0 Å². The van der Waals surface area contributed by atoms with Gasteiger partial charge in [-0.3, -0.25) is 9.97 Å². The Morgan fingerprint density at radius 3 is 1.55 bits per heavy atom.